The van der Waals surface area contributed by atoms with E-state index in [1.807, 2.05) is 0 Å². The average Bonchev–Trinajstić information content (AvgIpc) is 2.76. The number of imidazole rings is 1. The Hall–Kier alpha value is -1.60. The summed E-state index contributed by atoms with van der Waals surface area (Å²) in [7, 11) is 1.62. The monoisotopic (exact) mass is 228 g/mol. The van der Waals surface area contributed by atoms with E-state index in [0.717, 1.165) is 0 Å². The molecule has 0 aliphatic heterocycles. The first-order chi connectivity index (χ1) is 7.79. The summed E-state index contributed by atoms with van der Waals surface area (Å²) in [6.45, 7) is 2.22. The highest BCUT2D eigenvalue weighted by molar-refractivity contribution is 5.93. The Morgan fingerprint density at radius 1 is 1.56 bits per heavy atom. The molecule has 0 fully saturated rings. The maximum Gasteiger partial charge on any atom is 0.206 e. The van der Waals surface area contributed by atoms with Crippen LogP contribution in [-0.2, 0) is 16.0 Å². The highest BCUT2D eigenvalue weighted by atomic mass is 16.5. The van der Waals surface area contributed by atoms with Crippen molar-refractivity contribution in [2.24, 2.45) is 10.9 Å². The van der Waals surface area contributed by atoms with E-state index in [1.54, 1.807) is 24.1 Å². The van der Waals surface area contributed by atoms with Gasteiger partial charge < -0.3 is 25.0 Å². The predicted molar refractivity (Wildman–Crippen MR) is 57.4 cm³/mol. The molecule has 1 heterocycles. The molecular weight excluding hydrogens is 212 g/mol. The summed E-state index contributed by atoms with van der Waals surface area (Å²) in [6.07, 6.45) is 3.33. The van der Waals surface area contributed by atoms with E-state index in [0.29, 0.717) is 32.2 Å². The molecule has 0 aromatic carbocycles. The zero-order valence-electron chi connectivity index (χ0n) is 9.17. The van der Waals surface area contributed by atoms with Crippen LogP contribution in [0.1, 0.15) is 5.82 Å². The molecule has 3 N–H and O–H groups in total. The Balaban J connectivity index is 2.39. The molecule has 0 spiro atoms. The van der Waals surface area contributed by atoms with E-state index >= 15 is 0 Å². The van der Waals surface area contributed by atoms with Gasteiger partial charge in [0.25, 0.3) is 0 Å². The van der Waals surface area contributed by atoms with Crippen LogP contribution in [0.4, 0.5) is 0 Å². The number of nitrogens with zero attached hydrogens (tertiary/aromatic N) is 3. The highest BCUT2D eigenvalue weighted by Crippen LogP contribution is 1.97. The van der Waals surface area contributed by atoms with Crippen molar-refractivity contribution in [1.82, 2.24) is 9.55 Å². The van der Waals surface area contributed by atoms with Gasteiger partial charge in [0.05, 0.1) is 19.8 Å². The molecule has 1 rings (SSSR count). The second-order valence-corrected chi connectivity index (χ2v) is 3.03. The van der Waals surface area contributed by atoms with Crippen molar-refractivity contribution >= 4 is 5.84 Å². The van der Waals surface area contributed by atoms with Crippen LogP contribution in [0.2, 0.25) is 0 Å². The number of nitrogens with two attached hydrogens (primary N) is 1. The van der Waals surface area contributed by atoms with E-state index in [2.05, 4.69) is 10.1 Å². The highest BCUT2D eigenvalue weighted by Gasteiger charge is 2.06. The Kier molecular flexibility index (Phi) is 5.30. The SMILES string of the molecule is COCCOCCn1ccnc1C(N)=NO. The van der Waals surface area contributed by atoms with Crippen LogP contribution in [0.15, 0.2) is 17.5 Å². The molecule has 0 saturated heterocycles. The molecule has 0 unspecified atom stereocenters. The number of hydrogen-bond acceptors (Lipinski definition) is 5. The van der Waals surface area contributed by atoms with Gasteiger partial charge in [-0.05, 0) is 0 Å². The quantitative estimate of drug-likeness (QED) is 0.218. The molecule has 7 nitrogen and oxygen atoms in total. The molecule has 0 saturated carbocycles. The molecule has 0 amide bonds. The summed E-state index contributed by atoms with van der Waals surface area (Å²) in [6, 6.07) is 0. The third kappa shape index (κ3) is 3.52. The molecule has 0 bridgehead atoms. The zero-order valence-corrected chi connectivity index (χ0v) is 9.17. The van der Waals surface area contributed by atoms with Gasteiger partial charge in [-0.1, -0.05) is 5.16 Å². The second kappa shape index (κ2) is 6.81. The summed E-state index contributed by atoms with van der Waals surface area (Å²) >= 11 is 0. The van der Waals surface area contributed by atoms with Crippen LogP contribution in [-0.4, -0.2) is 47.5 Å². The van der Waals surface area contributed by atoms with Crippen LogP contribution in [0.5, 0.6) is 0 Å². The summed E-state index contributed by atoms with van der Waals surface area (Å²) in [5.74, 6) is 0.416. The van der Waals surface area contributed by atoms with Crippen molar-refractivity contribution < 1.29 is 14.7 Å². The lowest BCUT2D eigenvalue weighted by Crippen LogP contribution is -2.21. The van der Waals surface area contributed by atoms with Crippen LogP contribution < -0.4 is 5.73 Å². The molecule has 16 heavy (non-hydrogen) atoms. The summed E-state index contributed by atoms with van der Waals surface area (Å²) in [4.78, 5) is 3.97. The maximum atomic E-state index is 8.53. The zero-order chi connectivity index (χ0) is 11.8. The summed E-state index contributed by atoms with van der Waals surface area (Å²) in [5, 5.41) is 11.4. The molecule has 0 aliphatic rings. The number of aromatic nitrogens is 2. The van der Waals surface area contributed by atoms with E-state index in [1.165, 1.54) is 0 Å². The van der Waals surface area contributed by atoms with Gasteiger partial charge in [0.2, 0.25) is 5.84 Å². The molecule has 0 aliphatic carbocycles. The summed E-state index contributed by atoms with van der Waals surface area (Å²) < 4.78 is 11.9. The van der Waals surface area contributed by atoms with Crippen LogP contribution >= 0.6 is 0 Å². The van der Waals surface area contributed by atoms with Crippen molar-refractivity contribution in [3.63, 3.8) is 0 Å². The first-order valence-electron chi connectivity index (χ1n) is 4.85. The third-order valence-electron chi connectivity index (χ3n) is 1.96. The minimum absolute atomic E-state index is 0.0121. The normalized spacial score (nSPS) is 11.9. The van der Waals surface area contributed by atoms with Crippen molar-refractivity contribution in [2.75, 3.05) is 26.9 Å². The van der Waals surface area contributed by atoms with E-state index in [9.17, 15) is 0 Å². The van der Waals surface area contributed by atoms with E-state index in [-0.39, 0.29) is 5.84 Å². The third-order valence-corrected chi connectivity index (χ3v) is 1.96. The molecule has 1 aromatic rings. The van der Waals surface area contributed by atoms with Crippen LogP contribution in [0.25, 0.3) is 0 Å². The minimum atomic E-state index is -0.0121. The van der Waals surface area contributed by atoms with Gasteiger partial charge in [0.15, 0.2) is 5.82 Å². The minimum Gasteiger partial charge on any atom is -0.409 e. The number of hydrogen-bond donors (Lipinski definition) is 2. The van der Waals surface area contributed by atoms with Gasteiger partial charge in [-0.15, -0.1) is 0 Å². The van der Waals surface area contributed by atoms with E-state index in [4.69, 9.17) is 20.4 Å². The van der Waals surface area contributed by atoms with Gasteiger partial charge in [-0.3, -0.25) is 0 Å². The molecular formula is C9H16N4O3. The lowest BCUT2D eigenvalue weighted by Gasteiger charge is -2.07. The number of ether oxygens (including phenoxy) is 2. The van der Waals surface area contributed by atoms with Gasteiger partial charge in [-0.25, -0.2) is 4.98 Å². The van der Waals surface area contributed by atoms with Crippen molar-refractivity contribution in [2.45, 2.75) is 6.54 Å². The average molecular weight is 228 g/mol. The second-order valence-electron chi connectivity index (χ2n) is 3.03. The smallest absolute Gasteiger partial charge is 0.206 e. The fraction of sp³-hybridized carbons (Fsp3) is 0.556. The Morgan fingerprint density at radius 3 is 3.06 bits per heavy atom. The Labute approximate surface area is 93.5 Å². The maximum absolute atomic E-state index is 8.53. The van der Waals surface area contributed by atoms with Gasteiger partial charge in [0, 0.05) is 26.0 Å². The van der Waals surface area contributed by atoms with Crippen molar-refractivity contribution in [1.29, 1.82) is 0 Å². The van der Waals surface area contributed by atoms with Gasteiger partial charge >= 0.3 is 0 Å². The lowest BCUT2D eigenvalue weighted by molar-refractivity contribution is 0.0665. The summed E-state index contributed by atoms with van der Waals surface area (Å²) in [5.41, 5.74) is 5.45. The largest absolute Gasteiger partial charge is 0.409 e. The topological polar surface area (TPSA) is 94.9 Å². The number of oxime groups is 1. The van der Waals surface area contributed by atoms with Crippen LogP contribution in [0.3, 0.4) is 0 Å². The number of rotatable bonds is 7. The number of methoxy groups -OCH3 is 1. The Bertz CT molecular complexity index is 337. The molecule has 0 atom stereocenters. The lowest BCUT2D eigenvalue weighted by atomic mass is 10.5. The molecule has 90 valence electrons. The fourth-order valence-corrected chi connectivity index (χ4v) is 1.17. The van der Waals surface area contributed by atoms with Gasteiger partial charge in [0.1, 0.15) is 0 Å². The molecule has 7 heteroatoms. The standard InChI is InChI=1S/C9H16N4O3/c1-15-6-7-16-5-4-13-3-2-11-9(13)8(10)12-14/h2-3,14H,4-7H2,1H3,(H2,10,12). The molecule has 1 aromatic heterocycles. The number of amidine groups is 1. The Morgan fingerprint density at radius 2 is 2.38 bits per heavy atom. The van der Waals surface area contributed by atoms with Gasteiger partial charge in [-0.2, -0.15) is 0 Å². The fourth-order valence-electron chi connectivity index (χ4n) is 1.17. The first-order valence-corrected chi connectivity index (χ1v) is 4.85. The van der Waals surface area contributed by atoms with Crippen molar-refractivity contribution in [3.8, 4) is 0 Å². The predicted octanol–water partition coefficient (Wildman–Crippen LogP) is -0.359. The van der Waals surface area contributed by atoms with Crippen molar-refractivity contribution in [3.05, 3.63) is 18.2 Å². The van der Waals surface area contributed by atoms with Crippen LogP contribution in [0, 0.1) is 0 Å². The van der Waals surface area contributed by atoms with E-state index < -0.39 is 0 Å². The first kappa shape index (κ1) is 12.5. The molecule has 0 radical (unpaired) electrons.